The third-order valence-electron chi connectivity index (χ3n) is 5.02. The highest BCUT2D eigenvalue weighted by Gasteiger charge is 2.21. The summed E-state index contributed by atoms with van der Waals surface area (Å²) in [6.07, 6.45) is 3.19. The molecule has 5 nitrogen and oxygen atoms in total. The van der Waals surface area contributed by atoms with Crippen LogP contribution in [-0.4, -0.2) is 50.3 Å². The molecule has 1 aliphatic heterocycles. The molecule has 1 fully saturated rings. The Hall–Kier alpha value is -2.37. The normalized spacial score (nSPS) is 16.3. The summed E-state index contributed by atoms with van der Waals surface area (Å²) in [7, 11) is 1.68. The van der Waals surface area contributed by atoms with Gasteiger partial charge in [-0.05, 0) is 30.9 Å². The highest BCUT2D eigenvalue weighted by Crippen LogP contribution is 2.21. The number of nitrogens with one attached hydrogen (secondary N) is 1. The number of ether oxygens (including phenoxy) is 2. The summed E-state index contributed by atoms with van der Waals surface area (Å²) in [5.74, 6) is 0.896. The molecular formula is C23H30N2O3. The number of methoxy groups -OCH3 is 1. The molecule has 3 rings (SSSR count). The van der Waals surface area contributed by atoms with Crippen molar-refractivity contribution >= 4 is 5.91 Å². The number of hydrogen-bond donors (Lipinski definition) is 1. The highest BCUT2D eigenvalue weighted by atomic mass is 16.5. The first-order valence-electron chi connectivity index (χ1n) is 10.0. The van der Waals surface area contributed by atoms with Crippen molar-refractivity contribution in [3.63, 3.8) is 0 Å². The molecular weight excluding hydrogens is 352 g/mol. The van der Waals surface area contributed by atoms with Crippen LogP contribution in [0.15, 0.2) is 54.6 Å². The number of para-hydroxylation sites is 1. The van der Waals surface area contributed by atoms with Crippen LogP contribution in [0.1, 0.15) is 24.0 Å². The van der Waals surface area contributed by atoms with Gasteiger partial charge in [0.15, 0.2) is 0 Å². The SMILES string of the molecule is COc1ccccc1CN(CC(=O)NCCc1ccccc1)CC1CCCO1. The Morgan fingerprint density at radius 3 is 2.71 bits per heavy atom. The summed E-state index contributed by atoms with van der Waals surface area (Å²) in [5.41, 5.74) is 2.31. The van der Waals surface area contributed by atoms with Crippen LogP contribution in [0.25, 0.3) is 0 Å². The Balaban J connectivity index is 1.55. The maximum atomic E-state index is 12.5. The maximum absolute atomic E-state index is 12.5. The number of nitrogens with zero attached hydrogens (tertiary/aromatic N) is 1. The Morgan fingerprint density at radius 2 is 1.96 bits per heavy atom. The van der Waals surface area contributed by atoms with E-state index in [1.54, 1.807) is 7.11 Å². The minimum atomic E-state index is 0.0452. The van der Waals surface area contributed by atoms with Crippen molar-refractivity contribution in [3.05, 3.63) is 65.7 Å². The zero-order valence-electron chi connectivity index (χ0n) is 16.6. The average Bonchev–Trinajstić information content (AvgIpc) is 3.22. The lowest BCUT2D eigenvalue weighted by atomic mass is 10.1. The summed E-state index contributed by atoms with van der Waals surface area (Å²) < 4.78 is 11.3. The molecule has 28 heavy (non-hydrogen) atoms. The lowest BCUT2D eigenvalue weighted by molar-refractivity contribution is -0.122. The van der Waals surface area contributed by atoms with E-state index in [1.165, 1.54) is 5.56 Å². The van der Waals surface area contributed by atoms with E-state index in [0.29, 0.717) is 19.6 Å². The summed E-state index contributed by atoms with van der Waals surface area (Å²) >= 11 is 0. The lowest BCUT2D eigenvalue weighted by Gasteiger charge is -2.25. The van der Waals surface area contributed by atoms with Crippen molar-refractivity contribution in [3.8, 4) is 5.75 Å². The molecule has 1 atom stereocenters. The molecule has 150 valence electrons. The van der Waals surface area contributed by atoms with Gasteiger partial charge in [-0.2, -0.15) is 0 Å². The second-order valence-corrected chi connectivity index (χ2v) is 7.20. The number of amides is 1. The minimum absolute atomic E-state index is 0.0452. The summed E-state index contributed by atoms with van der Waals surface area (Å²) in [5, 5.41) is 3.05. The van der Waals surface area contributed by atoms with Gasteiger partial charge in [0.2, 0.25) is 5.91 Å². The molecule has 1 aliphatic rings. The van der Waals surface area contributed by atoms with Gasteiger partial charge in [0.05, 0.1) is 19.8 Å². The minimum Gasteiger partial charge on any atom is -0.496 e. The fourth-order valence-corrected chi connectivity index (χ4v) is 3.59. The van der Waals surface area contributed by atoms with E-state index >= 15 is 0 Å². The van der Waals surface area contributed by atoms with Gasteiger partial charge in [-0.25, -0.2) is 0 Å². The molecule has 0 saturated carbocycles. The molecule has 1 amide bonds. The van der Waals surface area contributed by atoms with Crippen LogP contribution >= 0.6 is 0 Å². The van der Waals surface area contributed by atoms with Crippen LogP contribution in [-0.2, 0) is 22.5 Å². The molecule has 1 N–H and O–H groups in total. The highest BCUT2D eigenvalue weighted by molar-refractivity contribution is 5.78. The summed E-state index contributed by atoms with van der Waals surface area (Å²) in [6.45, 7) is 3.23. The second kappa shape index (κ2) is 10.8. The largest absolute Gasteiger partial charge is 0.496 e. The van der Waals surface area contributed by atoms with Gasteiger partial charge in [-0.1, -0.05) is 48.5 Å². The molecule has 0 aromatic heterocycles. The maximum Gasteiger partial charge on any atom is 0.234 e. The number of carbonyl (C=O) groups is 1. The van der Waals surface area contributed by atoms with E-state index in [-0.39, 0.29) is 12.0 Å². The average molecular weight is 383 g/mol. The van der Waals surface area contributed by atoms with Crippen LogP contribution < -0.4 is 10.1 Å². The van der Waals surface area contributed by atoms with Crippen LogP contribution in [0.2, 0.25) is 0 Å². The standard InChI is InChI=1S/C23H30N2O3/c1-27-22-12-6-5-10-20(22)16-25(17-21-11-7-15-28-21)18-23(26)24-14-13-19-8-3-2-4-9-19/h2-6,8-10,12,21H,7,11,13-18H2,1H3,(H,24,26). The van der Waals surface area contributed by atoms with Gasteiger partial charge in [-0.15, -0.1) is 0 Å². The molecule has 1 heterocycles. The van der Waals surface area contributed by atoms with Gasteiger partial charge in [0, 0.05) is 31.8 Å². The van der Waals surface area contributed by atoms with Crippen molar-refractivity contribution in [2.24, 2.45) is 0 Å². The third kappa shape index (κ3) is 6.36. The van der Waals surface area contributed by atoms with Crippen molar-refractivity contribution in [1.29, 1.82) is 0 Å². The molecule has 0 spiro atoms. The fraction of sp³-hybridized carbons (Fsp3) is 0.435. The quantitative estimate of drug-likeness (QED) is 0.686. The van der Waals surface area contributed by atoms with Crippen molar-refractivity contribution in [2.75, 3.05) is 33.4 Å². The molecule has 0 bridgehead atoms. The summed E-state index contributed by atoms with van der Waals surface area (Å²) in [6, 6.07) is 18.2. The van der Waals surface area contributed by atoms with E-state index in [4.69, 9.17) is 9.47 Å². The Labute approximate surface area is 167 Å². The van der Waals surface area contributed by atoms with Crippen LogP contribution in [0, 0.1) is 0 Å². The van der Waals surface area contributed by atoms with Crippen LogP contribution in [0.4, 0.5) is 0 Å². The van der Waals surface area contributed by atoms with Crippen molar-refractivity contribution < 1.29 is 14.3 Å². The van der Waals surface area contributed by atoms with Gasteiger partial charge >= 0.3 is 0 Å². The molecule has 2 aromatic rings. The van der Waals surface area contributed by atoms with Crippen LogP contribution in [0.5, 0.6) is 5.75 Å². The third-order valence-corrected chi connectivity index (χ3v) is 5.02. The van der Waals surface area contributed by atoms with Crippen molar-refractivity contribution in [1.82, 2.24) is 10.2 Å². The number of benzene rings is 2. The Kier molecular flexibility index (Phi) is 7.88. The van der Waals surface area contributed by atoms with Gasteiger partial charge < -0.3 is 14.8 Å². The number of rotatable bonds is 10. The predicted molar refractivity (Wildman–Crippen MR) is 110 cm³/mol. The monoisotopic (exact) mass is 382 g/mol. The Morgan fingerprint density at radius 1 is 1.18 bits per heavy atom. The zero-order valence-corrected chi connectivity index (χ0v) is 16.6. The lowest BCUT2D eigenvalue weighted by Crippen LogP contribution is -2.41. The van der Waals surface area contributed by atoms with E-state index in [9.17, 15) is 4.79 Å². The number of hydrogen-bond acceptors (Lipinski definition) is 4. The summed E-state index contributed by atoms with van der Waals surface area (Å²) in [4.78, 5) is 14.7. The van der Waals surface area contributed by atoms with E-state index in [0.717, 1.165) is 43.7 Å². The molecule has 0 radical (unpaired) electrons. The molecule has 0 aliphatic carbocycles. The van der Waals surface area contributed by atoms with E-state index < -0.39 is 0 Å². The van der Waals surface area contributed by atoms with Crippen LogP contribution in [0.3, 0.4) is 0 Å². The fourth-order valence-electron chi connectivity index (χ4n) is 3.59. The topological polar surface area (TPSA) is 50.8 Å². The van der Waals surface area contributed by atoms with Gasteiger partial charge in [0.25, 0.3) is 0 Å². The van der Waals surface area contributed by atoms with Gasteiger partial charge in [0.1, 0.15) is 5.75 Å². The first-order valence-corrected chi connectivity index (χ1v) is 10.0. The van der Waals surface area contributed by atoms with E-state index in [1.807, 2.05) is 36.4 Å². The zero-order chi connectivity index (χ0) is 19.6. The smallest absolute Gasteiger partial charge is 0.234 e. The first kappa shape index (κ1) is 20.4. The molecule has 1 saturated heterocycles. The predicted octanol–water partition coefficient (Wildman–Crippen LogP) is 3.04. The second-order valence-electron chi connectivity index (χ2n) is 7.20. The molecule has 5 heteroatoms. The molecule has 1 unspecified atom stereocenters. The molecule has 2 aromatic carbocycles. The first-order chi connectivity index (χ1) is 13.7. The van der Waals surface area contributed by atoms with Crippen molar-refractivity contribution in [2.45, 2.75) is 31.9 Å². The Bertz CT molecular complexity index is 730. The van der Waals surface area contributed by atoms with Gasteiger partial charge in [-0.3, -0.25) is 9.69 Å². The van der Waals surface area contributed by atoms with E-state index in [2.05, 4.69) is 28.4 Å². The number of carbonyl (C=O) groups excluding carboxylic acids is 1.